The van der Waals surface area contributed by atoms with Gasteiger partial charge in [-0.15, -0.1) is 0 Å². The van der Waals surface area contributed by atoms with Crippen LogP contribution in [0.5, 0.6) is 0 Å². The van der Waals surface area contributed by atoms with Crippen LogP contribution in [0, 0.1) is 0 Å². The number of pyridine rings is 1. The summed E-state index contributed by atoms with van der Waals surface area (Å²) >= 11 is 0. The molecule has 6 heteroatoms. The van der Waals surface area contributed by atoms with Crippen LogP contribution in [-0.4, -0.2) is 34.8 Å². The van der Waals surface area contributed by atoms with Gasteiger partial charge in [0.15, 0.2) is 0 Å². The average molecular weight is 263 g/mol. The molecule has 0 saturated carbocycles. The highest BCUT2D eigenvalue weighted by Crippen LogP contribution is 2.31. The van der Waals surface area contributed by atoms with Crippen LogP contribution >= 0.6 is 29.4 Å². The maximum Gasteiger partial charge on any atom is 0.106 e. The molecular weight excluding hydrogens is 249 g/mol. The average Bonchev–Trinajstić information content (AvgIpc) is 2.26. The molecule has 1 N–H and O–H groups in total. The van der Waals surface area contributed by atoms with E-state index in [4.69, 9.17) is 5.11 Å². The molecule has 0 aliphatic rings. The van der Waals surface area contributed by atoms with Crippen LogP contribution < -0.4 is 0 Å². The van der Waals surface area contributed by atoms with Crippen molar-refractivity contribution in [3.8, 4) is 0 Å². The van der Waals surface area contributed by atoms with E-state index in [9.17, 15) is 4.57 Å². The van der Waals surface area contributed by atoms with Gasteiger partial charge >= 0.3 is 0 Å². The molecule has 0 amide bonds. The summed E-state index contributed by atoms with van der Waals surface area (Å²) in [6, 6.07) is 5.79. The lowest BCUT2D eigenvalue weighted by molar-refractivity contribution is 0.320. The number of aliphatic hydroxyl groups is 1. The summed E-state index contributed by atoms with van der Waals surface area (Å²) in [6.45, 7) is 0.0375. The van der Waals surface area contributed by atoms with Crippen molar-refractivity contribution in [2.24, 2.45) is 0 Å². The standard InChI is InChI=1S/C9H14NO2PS2/c11-5-6-13(12)7-8-14-15-9-3-1-2-4-10-9/h1-4,11,13H,5-8H2. The molecule has 1 aromatic rings. The zero-order valence-corrected chi connectivity index (χ0v) is 10.9. The van der Waals surface area contributed by atoms with Gasteiger partial charge in [0.2, 0.25) is 0 Å². The largest absolute Gasteiger partial charge is 0.396 e. The highest BCUT2D eigenvalue weighted by molar-refractivity contribution is 8.76. The van der Waals surface area contributed by atoms with Crippen molar-refractivity contribution in [1.82, 2.24) is 4.98 Å². The van der Waals surface area contributed by atoms with Crippen molar-refractivity contribution in [3.05, 3.63) is 24.4 Å². The van der Waals surface area contributed by atoms with Crippen LogP contribution in [0.3, 0.4) is 0 Å². The summed E-state index contributed by atoms with van der Waals surface area (Å²) in [5.74, 6) is 0.846. The minimum Gasteiger partial charge on any atom is -0.396 e. The summed E-state index contributed by atoms with van der Waals surface area (Å²) in [4.78, 5) is 4.16. The number of rotatable bonds is 7. The van der Waals surface area contributed by atoms with E-state index in [1.807, 2.05) is 18.2 Å². The van der Waals surface area contributed by atoms with Crippen molar-refractivity contribution < 1.29 is 9.67 Å². The number of hydrogen-bond donors (Lipinski definition) is 1. The lowest BCUT2D eigenvalue weighted by Crippen LogP contribution is -1.90. The van der Waals surface area contributed by atoms with Crippen LogP contribution in [0.25, 0.3) is 0 Å². The Morgan fingerprint density at radius 2 is 2.27 bits per heavy atom. The fourth-order valence-electron chi connectivity index (χ4n) is 0.904. The third-order valence-corrected chi connectivity index (χ3v) is 5.86. The van der Waals surface area contributed by atoms with E-state index in [2.05, 4.69) is 4.98 Å². The lowest BCUT2D eigenvalue weighted by Gasteiger charge is -2.00. The molecule has 1 heterocycles. The van der Waals surface area contributed by atoms with E-state index >= 15 is 0 Å². The predicted octanol–water partition coefficient (Wildman–Crippen LogP) is 2.37. The van der Waals surface area contributed by atoms with Gasteiger partial charge in [0.1, 0.15) is 5.03 Å². The molecule has 84 valence electrons. The molecule has 1 unspecified atom stereocenters. The van der Waals surface area contributed by atoms with Crippen molar-refractivity contribution in [2.75, 3.05) is 24.7 Å². The smallest absolute Gasteiger partial charge is 0.106 e. The molecule has 0 saturated heterocycles. The van der Waals surface area contributed by atoms with Gasteiger partial charge in [-0.05, 0) is 22.9 Å². The first-order chi connectivity index (χ1) is 7.33. The second-order valence-corrected chi connectivity index (χ2v) is 7.35. The topological polar surface area (TPSA) is 50.2 Å². The van der Waals surface area contributed by atoms with Gasteiger partial charge < -0.3 is 9.67 Å². The fourth-order valence-corrected chi connectivity index (χ4v) is 4.75. The molecule has 0 radical (unpaired) electrons. The molecule has 0 fully saturated rings. The van der Waals surface area contributed by atoms with Crippen molar-refractivity contribution in [1.29, 1.82) is 0 Å². The SMILES string of the molecule is O=[PH](CCO)CCSSc1ccccn1. The number of hydrogen-bond acceptors (Lipinski definition) is 5. The van der Waals surface area contributed by atoms with Crippen molar-refractivity contribution in [3.63, 3.8) is 0 Å². The Morgan fingerprint density at radius 1 is 1.40 bits per heavy atom. The van der Waals surface area contributed by atoms with Gasteiger partial charge in [0.25, 0.3) is 0 Å². The Kier molecular flexibility index (Phi) is 7.18. The van der Waals surface area contributed by atoms with E-state index in [0.29, 0.717) is 12.3 Å². The zero-order valence-electron chi connectivity index (χ0n) is 8.26. The molecule has 1 aromatic heterocycles. The predicted molar refractivity (Wildman–Crippen MR) is 68.4 cm³/mol. The Balaban J connectivity index is 2.10. The molecule has 0 spiro atoms. The van der Waals surface area contributed by atoms with Gasteiger partial charge in [0, 0.05) is 30.9 Å². The second kappa shape index (κ2) is 8.22. The summed E-state index contributed by atoms with van der Waals surface area (Å²) < 4.78 is 11.2. The Morgan fingerprint density at radius 3 is 2.93 bits per heavy atom. The van der Waals surface area contributed by atoms with Gasteiger partial charge in [0.05, 0.1) is 7.80 Å². The van der Waals surface area contributed by atoms with E-state index < -0.39 is 7.80 Å². The van der Waals surface area contributed by atoms with Gasteiger partial charge in [-0.25, -0.2) is 4.98 Å². The van der Waals surface area contributed by atoms with Crippen LogP contribution in [0.4, 0.5) is 0 Å². The zero-order chi connectivity index (χ0) is 10.9. The maximum absolute atomic E-state index is 11.2. The third kappa shape index (κ3) is 6.25. The first-order valence-electron chi connectivity index (χ1n) is 4.66. The molecule has 1 rings (SSSR count). The minimum absolute atomic E-state index is 0.0375. The molecule has 1 atom stereocenters. The van der Waals surface area contributed by atoms with Crippen LogP contribution in [0.15, 0.2) is 29.4 Å². The molecule has 0 aliphatic heterocycles. The van der Waals surface area contributed by atoms with Gasteiger partial charge in [-0.1, -0.05) is 16.9 Å². The molecule has 15 heavy (non-hydrogen) atoms. The Labute approximate surface area is 98.3 Å². The van der Waals surface area contributed by atoms with Crippen LogP contribution in [0.2, 0.25) is 0 Å². The Bertz CT molecular complexity index is 297. The maximum atomic E-state index is 11.2. The van der Waals surface area contributed by atoms with Crippen LogP contribution in [0.1, 0.15) is 0 Å². The first kappa shape index (κ1) is 13.1. The summed E-state index contributed by atoms with van der Waals surface area (Å²) in [6.07, 6.45) is 2.92. The van der Waals surface area contributed by atoms with E-state index in [1.165, 1.54) is 0 Å². The van der Waals surface area contributed by atoms with Crippen LogP contribution in [-0.2, 0) is 4.57 Å². The number of aromatic nitrogens is 1. The molecule has 3 nitrogen and oxygen atoms in total. The van der Waals surface area contributed by atoms with Gasteiger partial charge in [-0.3, -0.25) is 0 Å². The summed E-state index contributed by atoms with van der Waals surface area (Å²) in [5, 5.41) is 9.55. The molecule has 0 bridgehead atoms. The first-order valence-corrected chi connectivity index (χ1v) is 8.80. The van der Waals surface area contributed by atoms with E-state index in [0.717, 1.165) is 10.8 Å². The molecule has 0 aliphatic carbocycles. The number of nitrogens with zero attached hydrogens (tertiary/aromatic N) is 1. The highest BCUT2D eigenvalue weighted by atomic mass is 33.1. The molecule has 0 aromatic carbocycles. The number of aliphatic hydroxyl groups excluding tert-OH is 1. The second-order valence-electron chi connectivity index (χ2n) is 2.84. The Hall–Kier alpha value is 0.0400. The highest BCUT2D eigenvalue weighted by Gasteiger charge is 2.00. The van der Waals surface area contributed by atoms with Crippen molar-refractivity contribution in [2.45, 2.75) is 5.03 Å². The van der Waals surface area contributed by atoms with Crippen molar-refractivity contribution >= 4 is 29.4 Å². The summed E-state index contributed by atoms with van der Waals surface area (Å²) in [7, 11) is 1.71. The quantitative estimate of drug-likeness (QED) is 0.465. The molecular formula is C9H14NO2PS2. The lowest BCUT2D eigenvalue weighted by atomic mass is 10.5. The summed E-state index contributed by atoms with van der Waals surface area (Å²) in [5.41, 5.74) is 0. The fraction of sp³-hybridized carbons (Fsp3) is 0.444. The third-order valence-electron chi connectivity index (χ3n) is 1.64. The minimum atomic E-state index is -1.55. The monoisotopic (exact) mass is 263 g/mol. The van der Waals surface area contributed by atoms with E-state index in [1.54, 1.807) is 27.8 Å². The normalized spacial score (nSPS) is 12.6. The van der Waals surface area contributed by atoms with E-state index in [-0.39, 0.29) is 6.61 Å². The van der Waals surface area contributed by atoms with Gasteiger partial charge in [-0.2, -0.15) is 0 Å².